The minimum absolute atomic E-state index is 0.0689. The van der Waals surface area contributed by atoms with Crippen molar-refractivity contribution >= 4 is 52.6 Å². The van der Waals surface area contributed by atoms with E-state index in [1.165, 1.54) is 10.0 Å². The third kappa shape index (κ3) is 7.35. The zero-order valence-electron chi connectivity index (χ0n) is 22.4. The zero-order chi connectivity index (χ0) is 30.4. The molecule has 11 N–H and O–H groups in total. The van der Waals surface area contributed by atoms with Gasteiger partial charge in [-0.1, -0.05) is 51.3 Å². The predicted octanol–water partition coefficient (Wildman–Crippen LogP) is 0.623. The largest absolute Gasteiger partial charge is 0.355 e. The van der Waals surface area contributed by atoms with Gasteiger partial charge in [-0.3, -0.25) is 21.0 Å². The second kappa shape index (κ2) is 13.8. The minimum Gasteiger partial charge on any atom is -0.355 e. The fourth-order valence-electron chi connectivity index (χ4n) is 4.99. The summed E-state index contributed by atoms with van der Waals surface area (Å²) in [5.41, 5.74) is 0.505. The van der Waals surface area contributed by atoms with Crippen LogP contribution in [0, 0.1) is 0 Å². The summed E-state index contributed by atoms with van der Waals surface area (Å²) >= 11 is 18.3. The first-order valence-electron chi connectivity index (χ1n) is 12.9. The molecule has 1 spiro atoms. The normalized spacial score (nSPS) is 22.6. The number of halogens is 3. The van der Waals surface area contributed by atoms with Crippen LogP contribution in [0.4, 0.5) is 4.79 Å². The number of hydrazine groups is 2. The molecule has 2 fully saturated rings. The van der Waals surface area contributed by atoms with Gasteiger partial charge in [0.15, 0.2) is 17.0 Å². The van der Waals surface area contributed by atoms with Crippen LogP contribution in [-0.2, 0) is 11.2 Å². The summed E-state index contributed by atoms with van der Waals surface area (Å²) in [7, 11) is 0. The molecule has 3 aliphatic rings. The molecule has 1 aromatic rings. The van der Waals surface area contributed by atoms with Gasteiger partial charge in [-0.15, -0.1) is 10.2 Å². The third-order valence-corrected chi connectivity index (χ3v) is 8.02. The van der Waals surface area contributed by atoms with Gasteiger partial charge in [-0.25, -0.2) is 20.6 Å². The molecule has 1 aromatic carbocycles. The number of aryl methyl sites for hydroxylation is 1. The lowest BCUT2D eigenvalue weighted by Gasteiger charge is -2.40. The van der Waals surface area contributed by atoms with Crippen LogP contribution in [0.5, 0.6) is 0 Å². The first-order valence-corrected chi connectivity index (χ1v) is 14.0. The number of urea groups is 1. The molecule has 42 heavy (non-hydrogen) atoms. The van der Waals surface area contributed by atoms with Crippen LogP contribution in [-0.4, -0.2) is 76.7 Å². The van der Waals surface area contributed by atoms with Crippen LogP contribution in [0.15, 0.2) is 54.8 Å². The van der Waals surface area contributed by atoms with Crippen molar-refractivity contribution in [2.45, 2.75) is 43.6 Å². The Kier molecular flexibility index (Phi) is 10.4. The number of piperidine rings is 1. The van der Waals surface area contributed by atoms with Gasteiger partial charge in [-0.05, 0) is 43.4 Å². The van der Waals surface area contributed by atoms with Crippen LogP contribution < -0.4 is 39.3 Å². The number of amidine groups is 1. The number of hydrogen-bond donors (Lipinski definition) is 7. The number of nitrogens with one attached hydrogen (secondary N) is 3. The van der Waals surface area contributed by atoms with E-state index in [1.54, 1.807) is 17.0 Å². The molecule has 3 heterocycles. The van der Waals surface area contributed by atoms with E-state index >= 15 is 0 Å². The SMILES string of the molecule is NN=NC1=NC(N=NN)=C(Cl)NC1C(=O)NC1NC2(CCN(C(=O)N(N)CCCc3ccc(Cl)cc3Cl)CC2)CN1N. The topological polar surface area (TPSA) is 246 Å². The minimum atomic E-state index is -1.14. The molecule has 2 unspecified atom stereocenters. The highest BCUT2D eigenvalue weighted by Gasteiger charge is 2.46. The lowest BCUT2D eigenvalue weighted by molar-refractivity contribution is -0.123. The summed E-state index contributed by atoms with van der Waals surface area (Å²) in [5, 5.41) is 26.3. The average Bonchev–Trinajstić information content (AvgIpc) is 3.25. The highest BCUT2D eigenvalue weighted by molar-refractivity contribution is 6.35. The van der Waals surface area contributed by atoms with E-state index in [4.69, 9.17) is 58.2 Å². The fraction of sp³-hybridized carbons (Fsp3) is 0.500. The molecule has 4 rings (SSSR count). The van der Waals surface area contributed by atoms with Crippen LogP contribution in [0.3, 0.4) is 0 Å². The quantitative estimate of drug-likeness (QED) is 0.0722. The Morgan fingerprint density at radius 2 is 1.88 bits per heavy atom. The summed E-state index contributed by atoms with van der Waals surface area (Å²) < 4.78 is 0. The van der Waals surface area contributed by atoms with Gasteiger partial charge in [0.05, 0.1) is 0 Å². The number of benzene rings is 1. The monoisotopic (exact) mass is 643 g/mol. The molecule has 228 valence electrons. The number of aliphatic imine (C=N–C) groups is 1. The van der Waals surface area contributed by atoms with E-state index in [9.17, 15) is 9.59 Å². The lowest BCUT2D eigenvalue weighted by atomic mass is 9.88. The maximum Gasteiger partial charge on any atom is 0.334 e. The first-order chi connectivity index (χ1) is 20.1. The van der Waals surface area contributed by atoms with Gasteiger partial charge in [-0.2, -0.15) is 0 Å². The summed E-state index contributed by atoms with van der Waals surface area (Å²) in [6.45, 7) is 1.70. The molecule has 2 saturated heterocycles. The summed E-state index contributed by atoms with van der Waals surface area (Å²) in [6, 6.07) is 3.93. The van der Waals surface area contributed by atoms with Crippen molar-refractivity contribution in [3.63, 3.8) is 0 Å². The van der Waals surface area contributed by atoms with Crippen molar-refractivity contribution in [1.82, 2.24) is 30.9 Å². The number of nitrogens with two attached hydrogens (primary N) is 4. The molecule has 0 saturated carbocycles. The Morgan fingerprint density at radius 1 is 1.17 bits per heavy atom. The van der Waals surface area contributed by atoms with Crippen molar-refractivity contribution in [1.29, 1.82) is 0 Å². The van der Waals surface area contributed by atoms with E-state index in [0.29, 0.717) is 61.9 Å². The molecule has 17 nitrogen and oxygen atoms in total. The van der Waals surface area contributed by atoms with Crippen LogP contribution in [0.1, 0.15) is 24.8 Å². The maximum atomic E-state index is 13.1. The third-order valence-electron chi connectivity index (χ3n) is 7.16. The number of amides is 3. The molecule has 20 heteroatoms. The molecule has 3 amide bonds. The Labute approximate surface area is 256 Å². The van der Waals surface area contributed by atoms with Gasteiger partial charge >= 0.3 is 6.03 Å². The molecule has 0 aromatic heterocycles. The van der Waals surface area contributed by atoms with Crippen molar-refractivity contribution in [3.05, 3.63) is 44.8 Å². The maximum absolute atomic E-state index is 13.1. The second-order valence-corrected chi connectivity index (χ2v) is 11.1. The summed E-state index contributed by atoms with van der Waals surface area (Å²) in [6.07, 6.45) is 1.75. The number of nitrogens with zero attached hydrogens (tertiary/aromatic N) is 8. The molecule has 0 aliphatic carbocycles. The molecular weight excluding hydrogens is 613 g/mol. The lowest BCUT2D eigenvalue weighted by Crippen LogP contribution is -2.61. The molecule has 3 aliphatic heterocycles. The van der Waals surface area contributed by atoms with Crippen molar-refractivity contribution in [3.8, 4) is 0 Å². The number of carbonyl (C=O) groups is 2. The Morgan fingerprint density at radius 3 is 2.55 bits per heavy atom. The molecule has 0 radical (unpaired) electrons. The number of likely N-dealkylation sites (tertiary alicyclic amines) is 1. The van der Waals surface area contributed by atoms with E-state index in [0.717, 1.165) is 5.56 Å². The van der Waals surface area contributed by atoms with Crippen LogP contribution in [0.2, 0.25) is 10.0 Å². The van der Waals surface area contributed by atoms with Gasteiger partial charge in [0.1, 0.15) is 6.29 Å². The summed E-state index contributed by atoms with van der Waals surface area (Å²) in [4.78, 5) is 31.8. The standard InChI is InChI=1S/C22H32Cl3N15O2/c23-13-4-3-12(14(24)10-13)2-1-7-39(28)21(42)38-8-5-22(6-9-38)11-40(29)20(33-22)32-19(41)15-17(34-36-26)31-18(35-37-27)16(25)30-15/h3-4,10,15,20,30,33H,1-2,5-9,11,28-29H2,(H2,27,35)(H,32,41)(H2,26,31,34). The van der Waals surface area contributed by atoms with E-state index < -0.39 is 23.8 Å². The van der Waals surface area contributed by atoms with Gasteiger partial charge < -0.3 is 27.2 Å². The molecule has 2 atom stereocenters. The Balaban J connectivity index is 1.28. The van der Waals surface area contributed by atoms with E-state index in [2.05, 4.69) is 41.6 Å². The van der Waals surface area contributed by atoms with Crippen LogP contribution >= 0.6 is 34.8 Å². The van der Waals surface area contributed by atoms with Gasteiger partial charge in [0.2, 0.25) is 5.82 Å². The van der Waals surface area contributed by atoms with Gasteiger partial charge in [0, 0.05) is 41.8 Å². The molecular formula is C22H32Cl3N15O2. The fourth-order valence-corrected chi connectivity index (χ4v) is 5.68. The number of rotatable bonds is 7. The van der Waals surface area contributed by atoms with Crippen molar-refractivity contribution < 1.29 is 9.59 Å². The van der Waals surface area contributed by atoms with Crippen molar-refractivity contribution in [2.24, 2.45) is 49.0 Å². The second-order valence-electron chi connectivity index (χ2n) is 9.93. The number of hydrogen-bond acceptors (Lipinski definition) is 12. The smallest absolute Gasteiger partial charge is 0.334 e. The Hall–Kier alpha value is -3.32. The van der Waals surface area contributed by atoms with E-state index in [-0.39, 0.29) is 22.8 Å². The predicted molar refractivity (Wildman–Crippen MR) is 156 cm³/mol. The summed E-state index contributed by atoms with van der Waals surface area (Å²) in [5.74, 6) is 21.8. The van der Waals surface area contributed by atoms with Crippen LogP contribution in [0.25, 0.3) is 0 Å². The van der Waals surface area contributed by atoms with E-state index in [1.807, 2.05) is 6.07 Å². The van der Waals surface area contributed by atoms with Gasteiger partial charge in [0.25, 0.3) is 5.91 Å². The first kappa shape index (κ1) is 31.6. The zero-order valence-corrected chi connectivity index (χ0v) is 24.6. The highest BCUT2D eigenvalue weighted by Crippen LogP contribution is 2.29. The highest BCUT2D eigenvalue weighted by atomic mass is 35.5. The number of carbonyl (C=O) groups excluding carboxylic acids is 2. The van der Waals surface area contributed by atoms with Crippen molar-refractivity contribution in [2.75, 3.05) is 26.2 Å². The Bertz CT molecular complexity index is 1300. The average molecular weight is 645 g/mol. The molecule has 0 bridgehead atoms.